The van der Waals surface area contributed by atoms with E-state index in [-0.39, 0.29) is 23.6 Å². The van der Waals surface area contributed by atoms with E-state index in [1.807, 2.05) is 32.0 Å². The third-order valence-electron chi connectivity index (χ3n) is 5.56. The fourth-order valence-corrected chi connectivity index (χ4v) is 5.95. The number of carbonyl (C=O) groups excluding carboxylic acids is 1. The van der Waals surface area contributed by atoms with Crippen LogP contribution >= 0.6 is 0 Å². The van der Waals surface area contributed by atoms with Gasteiger partial charge in [0, 0.05) is 11.4 Å². The summed E-state index contributed by atoms with van der Waals surface area (Å²) >= 11 is 0. The summed E-state index contributed by atoms with van der Waals surface area (Å²) in [5.41, 5.74) is 3.52. The van der Waals surface area contributed by atoms with Crippen molar-refractivity contribution in [3.8, 4) is 5.75 Å². The van der Waals surface area contributed by atoms with Gasteiger partial charge in [-0.25, -0.2) is 13.2 Å². The van der Waals surface area contributed by atoms with Crippen LogP contribution in [0.25, 0.3) is 0 Å². The van der Waals surface area contributed by atoms with Crippen molar-refractivity contribution >= 4 is 27.2 Å². The number of carbonyl (C=O) groups is 1. The van der Waals surface area contributed by atoms with Gasteiger partial charge in [-0.3, -0.25) is 9.80 Å². The SMILES string of the molecule is COc1ccc(N2C(=O)N(c3cccc(C)c3C)[C@@H]3CS(=O)(=O)C[C@@H]32)cc1. The zero-order chi connectivity index (χ0) is 19.3. The second-order valence-electron chi connectivity index (χ2n) is 7.15. The molecule has 0 aliphatic carbocycles. The first-order chi connectivity index (χ1) is 12.8. The highest BCUT2D eigenvalue weighted by Crippen LogP contribution is 2.39. The molecule has 7 heteroatoms. The molecule has 0 radical (unpaired) electrons. The standard InChI is InChI=1S/C20H22N2O4S/c1-13-5-4-6-17(14(13)2)22-19-12-27(24,25)11-18(19)21(20(22)23)15-7-9-16(26-3)10-8-15/h4-10,18-19H,11-12H2,1-3H3/t18-,19+/m0/s1. The Hall–Kier alpha value is -2.54. The predicted molar refractivity (Wildman–Crippen MR) is 105 cm³/mol. The summed E-state index contributed by atoms with van der Waals surface area (Å²) in [6.45, 7) is 3.95. The van der Waals surface area contributed by atoms with E-state index in [0.29, 0.717) is 11.4 Å². The van der Waals surface area contributed by atoms with Crippen LogP contribution in [-0.2, 0) is 9.84 Å². The minimum atomic E-state index is -3.21. The molecular weight excluding hydrogens is 364 g/mol. The zero-order valence-electron chi connectivity index (χ0n) is 15.5. The van der Waals surface area contributed by atoms with Gasteiger partial charge < -0.3 is 4.74 Å². The molecule has 2 aromatic carbocycles. The van der Waals surface area contributed by atoms with Gasteiger partial charge in [-0.15, -0.1) is 0 Å². The summed E-state index contributed by atoms with van der Waals surface area (Å²) in [6, 6.07) is 12.0. The minimum Gasteiger partial charge on any atom is -0.497 e. The molecule has 27 heavy (non-hydrogen) atoms. The molecule has 2 aromatic rings. The molecule has 142 valence electrons. The maximum atomic E-state index is 13.4. The van der Waals surface area contributed by atoms with Crippen LogP contribution in [0, 0.1) is 13.8 Å². The largest absolute Gasteiger partial charge is 0.497 e. The van der Waals surface area contributed by atoms with Crippen molar-refractivity contribution in [2.24, 2.45) is 0 Å². The van der Waals surface area contributed by atoms with Gasteiger partial charge in [-0.05, 0) is 55.3 Å². The lowest BCUT2D eigenvalue weighted by Gasteiger charge is -2.24. The van der Waals surface area contributed by atoms with Crippen molar-refractivity contribution < 1.29 is 17.9 Å². The molecule has 0 aromatic heterocycles. The maximum absolute atomic E-state index is 13.4. The Labute approximate surface area is 159 Å². The number of ether oxygens (including phenoxy) is 1. The van der Waals surface area contributed by atoms with Crippen molar-refractivity contribution in [1.29, 1.82) is 0 Å². The summed E-state index contributed by atoms with van der Waals surface area (Å²) < 4.78 is 29.9. The maximum Gasteiger partial charge on any atom is 0.329 e. The number of aryl methyl sites for hydroxylation is 1. The first-order valence-corrected chi connectivity index (χ1v) is 10.7. The third-order valence-corrected chi connectivity index (χ3v) is 7.25. The second kappa shape index (κ2) is 6.27. The molecule has 0 bridgehead atoms. The van der Waals surface area contributed by atoms with Gasteiger partial charge in [0.1, 0.15) is 5.75 Å². The first kappa shape index (κ1) is 17.9. The highest BCUT2D eigenvalue weighted by Gasteiger charge is 2.54. The molecule has 2 fully saturated rings. The lowest BCUT2D eigenvalue weighted by molar-refractivity contribution is 0.255. The molecule has 2 atom stereocenters. The molecule has 2 heterocycles. The predicted octanol–water partition coefficient (Wildman–Crippen LogP) is 2.92. The monoisotopic (exact) mass is 386 g/mol. The van der Waals surface area contributed by atoms with Crippen molar-refractivity contribution in [3.05, 3.63) is 53.6 Å². The highest BCUT2D eigenvalue weighted by molar-refractivity contribution is 7.91. The molecule has 2 aliphatic heterocycles. The number of nitrogens with zero attached hydrogens (tertiary/aromatic N) is 2. The molecule has 0 unspecified atom stereocenters. The molecule has 2 aliphatic rings. The lowest BCUT2D eigenvalue weighted by atomic mass is 10.1. The van der Waals surface area contributed by atoms with Crippen molar-refractivity contribution in [2.75, 3.05) is 28.4 Å². The number of sulfone groups is 1. The van der Waals surface area contributed by atoms with E-state index >= 15 is 0 Å². The highest BCUT2D eigenvalue weighted by atomic mass is 32.2. The van der Waals surface area contributed by atoms with Gasteiger partial charge in [0.15, 0.2) is 9.84 Å². The Morgan fingerprint density at radius 2 is 1.59 bits per heavy atom. The van der Waals surface area contributed by atoms with Crippen LogP contribution in [0.2, 0.25) is 0 Å². The lowest BCUT2D eigenvalue weighted by Crippen LogP contribution is -2.38. The van der Waals surface area contributed by atoms with E-state index in [1.54, 1.807) is 41.2 Å². The van der Waals surface area contributed by atoms with Crippen LogP contribution < -0.4 is 14.5 Å². The smallest absolute Gasteiger partial charge is 0.329 e. The van der Waals surface area contributed by atoms with Crippen LogP contribution in [0.1, 0.15) is 11.1 Å². The number of rotatable bonds is 3. The molecular formula is C20H22N2O4S. The van der Waals surface area contributed by atoms with Gasteiger partial charge in [0.2, 0.25) is 0 Å². The second-order valence-corrected chi connectivity index (χ2v) is 9.31. The topological polar surface area (TPSA) is 66.9 Å². The number of hydrogen-bond donors (Lipinski definition) is 0. The quantitative estimate of drug-likeness (QED) is 0.761. The zero-order valence-corrected chi connectivity index (χ0v) is 16.4. The Morgan fingerprint density at radius 1 is 0.963 bits per heavy atom. The number of urea groups is 1. The number of amides is 2. The number of hydrogen-bond acceptors (Lipinski definition) is 4. The summed E-state index contributed by atoms with van der Waals surface area (Å²) in [7, 11) is -1.63. The first-order valence-electron chi connectivity index (χ1n) is 8.85. The van der Waals surface area contributed by atoms with Crippen molar-refractivity contribution in [2.45, 2.75) is 25.9 Å². The van der Waals surface area contributed by atoms with Gasteiger partial charge in [-0.2, -0.15) is 0 Å². The van der Waals surface area contributed by atoms with E-state index in [0.717, 1.165) is 16.8 Å². The van der Waals surface area contributed by atoms with Crippen LogP contribution in [0.4, 0.5) is 16.2 Å². The molecule has 2 saturated heterocycles. The average Bonchev–Trinajstić information content (AvgIpc) is 3.06. The Bertz CT molecular complexity index is 1000. The van der Waals surface area contributed by atoms with Gasteiger partial charge >= 0.3 is 6.03 Å². The number of methoxy groups -OCH3 is 1. The van der Waals surface area contributed by atoms with Gasteiger partial charge in [0.05, 0.1) is 30.7 Å². The normalized spacial score (nSPS) is 23.6. The summed E-state index contributed by atoms with van der Waals surface area (Å²) in [5, 5.41) is 0. The fraction of sp³-hybridized carbons (Fsp3) is 0.350. The minimum absolute atomic E-state index is 0.0105. The number of fused-ring (bicyclic) bond motifs is 1. The van der Waals surface area contributed by atoms with E-state index < -0.39 is 15.9 Å². The summed E-state index contributed by atoms with van der Waals surface area (Å²) in [5.74, 6) is 0.660. The molecule has 6 nitrogen and oxygen atoms in total. The van der Waals surface area contributed by atoms with E-state index in [4.69, 9.17) is 4.74 Å². The van der Waals surface area contributed by atoms with Crippen LogP contribution in [0.3, 0.4) is 0 Å². The Kier molecular flexibility index (Phi) is 4.14. The van der Waals surface area contributed by atoms with Crippen molar-refractivity contribution in [3.63, 3.8) is 0 Å². The number of anilines is 2. The summed E-state index contributed by atoms with van der Waals surface area (Å²) in [6.07, 6.45) is 0. The third kappa shape index (κ3) is 2.86. The molecule has 0 N–H and O–H groups in total. The molecule has 0 spiro atoms. The van der Waals surface area contributed by atoms with Gasteiger partial charge in [-0.1, -0.05) is 12.1 Å². The van der Waals surface area contributed by atoms with Gasteiger partial charge in [0.25, 0.3) is 0 Å². The van der Waals surface area contributed by atoms with Crippen molar-refractivity contribution in [1.82, 2.24) is 0 Å². The van der Waals surface area contributed by atoms with Crippen LogP contribution in [-0.4, -0.2) is 45.1 Å². The Morgan fingerprint density at radius 3 is 2.22 bits per heavy atom. The molecule has 2 amide bonds. The molecule has 4 rings (SSSR count). The van der Waals surface area contributed by atoms with Crippen LogP contribution in [0.5, 0.6) is 5.75 Å². The van der Waals surface area contributed by atoms with Crippen LogP contribution in [0.15, 0.2) is 42.5 Å². The molecule has 0 saturated carbocycles. The average molecular weight is 386 g/mol. The van der Waals surface area contributed by atoms with E-state index in [1.165, 1.54) is 0 Å². The van der Waals surface area contributed by atoms with E-state index in [9.17, 15) is 13.2 Å². The number of benzene rings is 2. The fourth-order valence-electron chi connectivity index (χ4n) is 4.03. The Balaban J connectivity index is 1.81. The summed E-state index contributed by atoms with van der Waals surface area (Å²) in [4.78, 5) is 16.7. The van der Waals surface area contributed by atoms with E-state index in [2.05, 4.69) is 0 Å².